The van der Waals surface area contributed by atoms with Gasteiger partial charge in [-0.25, -0.2) is 12.7 Å². The van der Waals surface area contributed by atoms with E-state index in [1.807, 2.05) is 11.8 Å². The highest BCUT2D eigenvalue weighted by Gasteiger charge is 2.24. The molecule has 0 saturated carbocycles. The first-order valence-electron chi connectivity index (χ1n) is 10.3. The van der Waals surface area contributed by atoms with Crippen molar-refractivity contribution in [1.82, 2.24) is 14.9 Å². The SMILES string of the molecule is CN=C(NCCS(=O)(=O)N1CCSCC1)NC1CCCN(c2ccc(C)cc2)C1. The normalized spacial score (nSPS) is 21.8. The zero-order valence-corrected chi connectivity index (χ0v) is 19.1. The molecule has 0 spiro atoms. The lowest BCUT2D eigenvalue weighted by Gasteiger charge is -2.35. The summed E-state index contributed by atoms with van der Waals surface area (Å²) in [5.74, 6) is 2.54. The molecule has 0 aliphatic carbocycles. The molecule has 2 heterocycles. The van der Waals surface area contributed by atoms with Gasteiger partial charge in [0.05, 0.1) is 5.75 Å². The molecule has 29 heavy (non-hydrogen) atoms. The minimum absolute atomic E-state index is 0.0958. The minimum Gasteiger partial charge on any atom is -0.369 e. The molecule has 0 radical (unpaired) electrons. The van der Waals surface area contributed by atoms with Crippen molar-refractivity contribution in [1.29, 1.82) is 0 Å². The van der Waals surface area contributed by atoms with Crippen LogP contribution in [0.25, 0.3) is 0 Å². The minimum atomic E-state index is -3.20. The molecule has 7 nitrogen and oxygen atoms in total. The highest BCUT2D eigenvalue weighted by atomic mass is 32.2. The number of aryl methyl sites for hydroxylation is 1. The summed E-state index contributed by atoms with van der Waals surface area (Å²) >= 11 is 1.81. The smallest absolute Gasteiger partial charge is 0.215 e. The molecule has 0 aromatic heterocycles. The molecule has 1 unspecified atom stereocenters. The quantitative estimate of drug-likeness (QED) is 0.517. The van der Waals surface area contributed by atoms with Gasteiger partial charge >= 0.3 is 0 Å². The molecule has 2 saturated heterocycles. The molecule has 1 atom stereocenters. The molecule has 0 amide bonds. The third-order valence-corrected chi connectivity index (χ3v) is 8.22. The van der Waals surface area contributed by atoms with Crippen LogP contribution in [0.2, 0.25) is 0 Å². The summed E-state index contributed by atoms with van der Waals surface area (Å²) in [7, 11) is -1.47. The Bertz CT molecular complexity index is 777. The monoisotopic (exact) mass is 439 g/mol. The highest BCUT2D eigenvalue weighted by Crippen LogP contribution is 2.20. The Kier molecular flexibility index (Phi) is 8.08. The summed E-state index contributed by atoms with van der Waals surface area (Å²) in [6, 6.07) is 8.93. The Labute approximate surface area is 179 Å². The predicted octanol–water partition coefficient (Wildman–Crippen LogP) is 1.51. The first-order valence-corrected chi connectivity index (χ1v) is 13.1. The Morgan fingerprint density at radius 2 is 1.93 bits per heavy atom. The number of aliphatic imine (C=N–C) groups is 1. The average molecular weight is 440 g/mol. The van der Waals surface area contributed by atoms with Gasteiger partial charge in [0.25, 0.3) is 0 Å². The second-order valence-corrected chi connectivity index (χ2v) is 10.9. The summed E-state index contributed by atoms with van der Waals surface area (Å²) in [6.07, 6.45) is 2.19. The highest BCUT2D eigenvalue weighted by molar-refractivity contribution is 7.99. The Balaban J connectivity index is 1.47. The van der Waals surface area contributed by atoms with Crippen molar-refractivity contribution in [3.8, 4) is 0 Å². The van der Waals surface area contributed by atoms with Crippen LogP contribution in [0.5, 0.6) is 0 Å². The van der Waals surface area contributed by atoms with E-state index < -0.39 is 10.0 Å². The lowest BCUT2D eigenvalue weighted by Crippen LogP contribution is -2.52. The number of piperidine rings is 1. The third kappa shape index (κ3) is 6.52. The fraction of sp³-hybridized carbons (Fsp3) is 0.650. The first kappa shape index (κ1) is 22.2. The molecule has 2 aliphatic rings. The number of thioether (sulfide) groups is 1. The van der Waals surface area contributed by atoms with E-state index in [1.54, 1.807) is 11.4 Å². The van der Waals surface area contributed by atoms with Crippen LogP contribution in [-0.2, 0) is 10.0 Å². The molecular weight excluding hydrogens is 406 g/mol. The van der Waals surface area contributed by atoms with Crippen LogP contribution in [-0.4, -0.2) is 81.8 Å². The maximum Gasteiger partial charge on any atom is 0.215 e. The maximum atomic E-state index is 12.5. The molecule has 2 aliphatic heterocycles. The number of guanidine groups is 1. The zero-order chi connectivity index (χ0) is 20.7. The van der Waals surface area contributed by atoms with Crippen molar-refractivity contribution in [2.24, 2.45) is 4.99 Å². The molecule has 9 heteroatoms. The number of nitrogens with one attached hydrogen (secondary N) is 2. The molecular formula is C20H33N5O2S2. The van der Waals surface area contributed by atoms with Crippen molar-refractivity contribution in [2.45, 2.75) is 25.8 Å². The fourth-order valence-electron chi connectivity index (χ4n) is 3.73. The fourth-order valence-corrected chi connectivity index (χ4v) is 6.22. The van der Waals surface area contributed by atoms with Crippen LogP contribution < -0.4 is 15.5 Å². The van der Waals surface area contributed by atoms with Gasteiger partial charge in [-0.1, -0.05) is 17.7 Å². The second-order valence-electron chi connectivity index (χ2n) is 7.59. The van der Waals surface area contributed by atoms with E-state index >= 15 is 0 Å². The summed E-state index contributed by atoms with van der Waals surface area (Å²) in [5.41, 5.74) is 2.51. The van der Waals surface area contributed by atoms with Crippen molar-refractivity contribution in [3.05, 3.63) is 29.8 Å². The van der Waals surface area contributed by atoms with Gasteiger partial charge in [0.1, 0.15) is 0 Å². The van der Waals surface area contributed by atoms with Crippen LogP contribution in [0.15, 0.2) is 29.3 Å². The summed E-state index contributed by atoms with van der Waals surface area (Å²) in [6.45, 7) is 5.67. The molecule has 2 N–H and O–H groups in total. The van der Waals surface area contributed by atoms with Gasteiger partial charge in [0, 0.05) is 63.0 Å². The van der Waals surface area contributed by atoms with E-state index in [1.165, 1.54) is 11.3 Å². The van der Waals surface area contributed by atoms with Gasteiger partial charge in [-0.15, -0.1) is 0 Å². The van der Waals surface area contributed by atoms with Crippen molar-refractivity contribution >= 4 is 33.4 Å². The molecule has 1 aromatic rings. The van der Waals surface area contributed by atoms with Crippen LogP contribution in [0.4, 0.5) is 5.69 Å². The summed E-state index contributed by atoms with van der Waals surface area (Å²) in [5, 5.41) is 6.65. The van der Waals surface area contributed by atoms with Gasteiger partial charge < -0.3 is 15.5 Å². The van der Waals surface area contributed by atoms with Crippen LogP contribution in [0.3, 0.4) is 0 Å². The van der Waals surface area contributed by atoms with E-state index in [0.717, 1.165) is 37.4 Å². The molecule has 2 fully saturated rings. The average Bonchev–Trinajstić information content (AvgIpc) is 2.74. The number of rotatable bonds is 6. The van der Waals surface area contributed by atoms with Crippen LogP contribution in [0, 0.1) is 6.92 Å². The molecule has 1 aromatic carbocycles. The summed E-state index contributed by atoms with van der Waals surface area (Å²) in [4.78, 5) is 6.68. The van der Waals surface area contributed by atoms with E-state index in [9.17, 15) is 8.42 Å². The Morgan fingerprint density at radius 3 is 2.62 bits per heavy atom. The van der Waals surface area contributed by atoms with Gasteiger partial charge in [0.2, 0.25) is 10.0 Å². The maximum absolute atomic E-state index is 12.5. The number of anilines is 1. The standard InChI is InChI=1S/C20H33N5O2S2/c1-17-5-7-19(8-6-17)24-10-3-4-18(16-24)23-20(21-2)22-9-15-29(26,27)25-11-13-28-14-12-25/h5-8,18H,3-4,9-16H2,1-2H3,(H2,21,22,23). The summed E-state index contributed by atoms with van der Waals surface area (Å²) < 4.78 is 26.6. The second kappa shape index (κ2) is 10.5. The van der Waals surface area contributed by atoms with E-state index in [4.69, 9.17) is 0 Å². The molecule has 0 bridgehead atoms. The molecule has 3 rings (SSSR count). The number of nitrogens with zero attached hydrogens (tertiary/aromatic N) is 3. The number of sulfonamides is 1. The van der Waals surface area contributed by atoms with Crippen LogP contribution in [0.1, 0.15) is 18.4 Å². The third-order valence-electron chi connectivity index (χ3n) is 5.40. The van der Waals surface area contributed by atoms with Crippen molar-refractivity contribution in [3.63, 3.8) is 0 Å². The lowest BCUT2D eigenvalue weighted by molar-refractivity contribution is 0.443. The van der Waals surface area contributed by atoms with Crippen LogP contribution >= 0.6 is 11.8 Å². The number of hydrogen-bond acceptors (Lipinski definition) is 5. The largest absolute Gasteiger partial charge is 0.369 e. The van der Waals surface area contributed by atoms with E-state index in [-0.39, 0.29) is 11.8 Å². The molecule has 162 valence electrons. The van der Waals surface area contributed by atoms with Crippen molar-refractivity contribution < 1.29 is 8.42 Å². The number of benzene rings is 1. The van der Waals surface area contributed by atoms with Gasteiger partial charge in [-0.2, -0.15) is 11.8 Å². The van der Waals surface area contributed by atoms with Crippen molar-refractivity contribution in [2.75, 3.05) is 61.9 Å². The van der Waals surface area contributed by atoms with Gasteiger partial charge in [-0.05, 0) is 31.9 Å². The first-order chi connectivity index (χ1) is 14.0. The number of hydrogen-bond donors (Lipinski definition) is 2. The Hall–Kier alpha value is -1.45. The van der Waals surface area contributed by atoms with E-state index in [2.05, 4.69) is 51.7 Å². The van der Waals surface area contributed by atoms with Gasteiger partial charge in [-0.3, -0.25) is 4.99 Å². The zero-order valence-electron chi connectivity index (χ0n) is 17.4. The topological polar surface area (TPSA) is 77.0 Å². The van der Waals surface area contributed by atoms with Gasteiger partial charge in [0.15, 0.2) is 5.96 Å². The van der Waals surface area contributed by atoms with E-state index in [0.29, 0.717) is 25.6 Å². The lowest BCUT2D eigenvalue weighted by atomic mass is 10.0. The Morgan fingerprint density at radius 1 is 1.21 bits per heavy atom. The predicted molar refractivity (Wildman–Crippen MR) is 124 cm³/mol.